The lowest BCUT2D eigenvalue weighted by Gasteiger charge is -2.15. The molecule has 1 heterocycles. The molecule has 11 heteroatoms. The predicted octanol–water partition coefficient (Wildman–Crippen LogP) is 3.48. The van der Waals surface area contributed by atoms with Crippen molar-refractivity contribution in [3.63, 3.8) is 0 Å². The third-order valence-electron chi connectivity index (χ3n) is 5.07. The molecule has 188 valence electrons. The van der Waals surface area contributed by atoms with Crippen LogP contribution in [0.1, 0.15) is 39.5 Å². The molecule has 3 rings (SSSR count). The van der Waals surface area contributed by atoms with Gasteiger partial charge in [-0.2, -0.15) is 0 Å². The number of allylic oxidation sites excluding steroid dienone is 1. The van der Waals surface area contributed by atoms with E-state index in [-0.39, 0.29) is 17.6 Å². The van der Waals surface area contributed by atoms with E-state index in [2.05, 4.69) is 32.1 Å². The number of nitrogens with zero attached hydrogens (tertiary/aromatic N) is 3. The lowest BCUT2D eigenvalue weighted by molar-refractivity contribution is -0.113. The van der Waals surface area contributed by atoms with Crippen molar-refractivity contribution in [2.24, 2.45) is 0 Å². The summed E-state index contributed by atoms with van der Waals surface area (Å²) >= 11 is 1.21. The number of benzene rings is 2. The summed E-state index contributed by atoms with van der Waals surface area (Å²) in [5.41, 5.74) is 1.43. The first kappa shape index (κ1) is 26.5. The summed E-state index contributed by atoms with van der Waals surface area (Å²) in [6.45, 7) is 6.00. The summed E-state index contributed by atoms with van der Waals surface area (Å²) < 4.78 is 11.6. The first-order chi connectivity index (χ1) is 17.4. The molecule has 0 spiro atoms. The van der Waals surface area contributed by atoms with Gasteiger partial charge in [-0.25, -0.2) is 4.79 Å². The van der Waals surface area contributed by atoms with Crippen molar-refractivity contribution in [3.8, 4) is 5.75 Å². The zero-order chi connectivity index (χ0) is 26.1. The van der Waals surface area contributed by atoms with Crippen LogP contribution >= 0.6 is 11.8 Å². The van der Waals surface area contributed by atoms with Crippen molar-refractivity contribution >= 4 is 35.2 Å². The van der Waals surface area contributed by atoms with Crippen LogP contribution in [0.2, 0.25) is 0 Å². The van der Waals surface area contributed by atoms with Crippen LogP contribution in [-0.2, 0) is 16.1 Å². The number of carbonyl (C=O) groups excluding carboxylic acids is 3. The monoisotopic (exact) mass is 509 g/mol. The van der Waals surface area contributed by atoms with Gasteiger partial charge in [0.2, 0.25) is 5.91 Å². The van der Waals surface area contributed by atoms with Gasteiger partial charge in [0.1, 0.15) is 5.75 Å². The Morgan fingerprint density at radius 3 is 2.33 bits per heavy atom. The first-order valence-electron chi connectivity index (χ1n) is 11.0. The lowest BCUT2D eigenvalue weighted by Crippen LogP contribution is -2.28. The Balaban J connectivity index is 1.62. The molecule has 0 bridgehead atoms. The van der Waals surface area contributed by atoms with Gasteiger partial charge in [-0.1, -0.05) is 17.8 Å². The maximum atomic E-state index is 12.7. The van der Waals surface area contributed by atoms with E-state index in [1.165, 1.54) is 18.9 Å². The van der Waals surface area contributed by atoms with Crippen LogP contribution in [-0.4, -0.2) is 52.5 Å². The Kier molecular flexibility index (Phi) is 9.23. The molecule has 0 aliphatic rings. The lowest BCUT2D eigenvalue weighted by atomic mass is 10.2. The number of hydrogen-bond acceptors (Lipinski definition) is 8. The van der Waals surface area contributed by atoms with Gasteiger partial charge in [-0.15, -0.1) is 16.8 Å². The quantitative estimate of drug-likeness (QED) is 0.229. The van der Waals surface area contributed by atoms with E-state index < -0.39 is 12.0 Å². The fraction of sp³-hybridized carbons (Fsp3) is 0.240. The number of amides is 2. The van der Waals surface area contributed by atoms with E-state index in [4.69, 9.17) is 4.74 Å². The summed E-state index contributed by atoms with van der Waals surface area (Å²) in [6.07, 6.45) is 1.69. The van der Waals surface area contributed by atoms with Crippen molar-refractivity contribution in [3.05, 3.63) is 78.1 Å². The van der Waals surface area contributed by atoms with Gasteiger partial charge >= 0.3 is 5.97 Å². The number of esters is 1. The molecule has 2 amide bonds. The van der Waals surface area contributed by atoms with Gasteiger partial charge in [0, 0.05) is 17.8 Å². The van der Waals surface area contributed by atoms with Crippen molar-refractivity contribution in [1.82, 2.24) is 20.1 Å². The number of anilines is 1. The van der Waals surface area contributed by atoms with Crippen LogP contribution in [0.5, 0.6) is 5.75 Å². The Morgan fingerprint density at radius 1 is 1.06 bits per heavy atom. The van der Waals surface area contributed by atoms with Crippen molar-refractivity contribution in [1.29, 1.82) is 0 Å². The second-order valence-corrected chi connectivity index (χ2v) is 8.51. The van der Waals surface area contributed by atoms with Crippen LogP contribution in [0, 0.1) is 0 Å². The van der Waals surface area contributed by atoms with Crippen LogP contribution in [0.4, 0.5) is 5.69 Å². The molecule has 2 N–H and O–H groups in total. The Morgan fingerprint density at radius 2 is 1.72 bits per heavy atom. The van der Waals surface area contributed by atoms with E-state index in [9.17, 15) is 14.4 Å². The standard InChI is InChI=1S/C25H27N5O5S/c1-5-14-30-22(16(2)26-23(32)17-8-12-20(34-3)13-9-17)28-29-25(30)36-15-21(31)27-19-10-6-18(7-11-19)24(33)35-4/h5-13,16H,1,14-15H2,2-4H3,(H,26,32)(H,27,31)/t16-/m0/s1. The molecule has 3 aromatic rings. The highest BCUT2D eigenvalue weighted by molar-refractivity contribution is 7.99. The summed E-state index contributed by atoms with van der Waals surface area (Å²) in [5.74, 6) is 0.328. The molecule has 0 saturated carbocycles. The molecule has 2 aromatic carbocycles. The Hall–Kier alpha value is -4.12. The number of nitrogens with one attached hydrogen (secondary N) is 2. The number of ether oxygens (including phenoxy) is 2. The fourth-order valence-corrected chi connectivity index (χ4v) is 4.00. The van der Waals surface area contributed by atoms with Gasteiger partial charge in [0.05, 0.1) is 31.6 Å². The third-order valence-corrected chi connectivity index (χ3v) is 6.03. The van der Waals surface area contributed by atoms with Crippen LogP contribution in [0.3, 0.4) is 0 Å². The molecule has 0 saturated heterocycles. The van der Waals surface area contributed by atoms with E-state index >= 15 is 0 Å². The minimum Gasteiger partial charge on any atom is -0.497 e. The smallest absolute Gasteiger partial charge is 0.337 e. The SMILES string of the molecule is C=CCn1c(SCC(=O)Nc2ccc(C(=O)OC)cc2)nnc1[C@H](C)NC(=O)c1ccc(OC)cc1. The maximum absolute atomic E-state index is 12.7. The first-order valence-corrected chi connectivity index (χ1v) is 11.9. The average molecular weight is 510 g/mol. The number of methoxy groups -OCH3 is 2. The minimum absolute atomic E-state index is 0.0839. The highest BCUT2D eigenvalue weighted by atomic mass is 32.2. The van der Waals surface area contributed by atoms with Gasteiger partial charge in [-0.05, 0) is 55.5 Å². The van der Waals surface area contributed by atoms with Crippen LogP contribution < -0.4 is 15.4 Å². The van der Waals surface area contributed by atoms with Crippen LogP contribution in [0.25, 0.3) is 0 Å². The molecule has 36 heavy (non-hydrogen) atoms. The molecular weight excluding hydrogens is 482 g/mol. The van der Waals surface area contributed by atoms with E-state index in [1.54, 1.807) is 66.3 Å². The van der Waals surface area contributed by atoms with E-state index in [1.807, 2.05) is 6.92 Å². The number of rotatable bonds is 11. The van der Waals surface area contributed by atoms with Gasteiger partial charge in [0.25, 0.3) is 5.91 Å². The summed E-state index contributed by atoms with van der Waals surface area (Å²) in [4.78, 5) is 36.6. The van der Waals surface area contributed by atoms with Gasteiger partial charge in [-0.3, -0.25) is 9.59 Å². The second-order valence-electron chi connectivity index (χ2n) is 7.57. The summed E-state index contributed by atoms with van der Waals surface area (Å²) in [6, 6.07) is 12.7. The zero-order valence-electron chi connectivity index (χ0n) is 20.2. The van der Waals surface area contributed by atoms with Gasteiger partial charge < -0.3 is 24.7 Å². The predicted molar refractivity (Wildman–Crippen MR) is 136 cm³/mol. The minimum atomic E-state index is -0.449. The fourth-order valence-electron chi connectivity index (χ4n) is 3.25. The molecule has 0 unspecified atom stereocenters. The number of carbonyl (C=O) groups is 3. The third kappa shape index (κ3) is 6.72. The maximum Gasteiger partial charge on any atom is 0.337 e. The van der Waals surface area contributed by atoms with Gasteiger partial charge in [0.15, 0.2) is 11.0 Å². The Bertz CT molecular complexity index is 1220. The van der Waals surface area contributed by atoms with Crippen molar-refractivity contribution in [2.75, 3.05) is 25.3 Å². The largest absolute Gasteiger partial charge is 0.497 e. The topological polar surface area (TPSA) is 124 Å². The summed E-state index contributed by atoms with van der Waals surface area (Å²) in [5, 5.41) is 14.7. The number of aromatic nitrogens is 3. The highest BCUT2D eigenvalue weighted by Crippen LogP contribution is 2.22. The molecule has 1 aromatic heterocycles. The zero-order valence-corrected chi connectivity index (χ0v) is 21.0. The molecule has 0 fully saturated rings. The molecule has 0 aliphatic heterocycles. The average Bonchev–Trinajstić information content (AvgIpc) is 3.30. The van der Waals surface area contributed by atoms with Crippen molar-refractivity contribution < 1.29 is 23.9 Å². The van der Waals surface area contributed by atoms with Crippen molar-refractivity contribution in [2.45, 2.75) is 24.7 Å². The molecule has 0 aliphatic carbocycles. The van der Waals surface area contributed by atoms with Crippen LogP contribution in [0.15, 0.2) is 66.3 Å². The normalized spacial score (nSPS) is 11.3. The molecule has 1 atom stereocenters. The number of hydrogen-bond donors (Lipinski definition) is 2. The molecular formula is C25H27N5O5S. The van der Waals surface area contributed by atoms with E-state index in [0.29, 0.717) is 40.1 Å². The molecule has 0 radical (unpaired) electrons. The Labute approximate surface area is 213 Å². The second kappa shape index (κ2) is 12.5. The molecule has 10 nitrogen and oxygen atoms in total. The number of thioether (sulfide) groups is 1. The summed E-state index contributed by atoms with van der Waals surface area (Å²) in [7, 11) is 2.87. The highest BCUT2D eigenvalue weighted by Gasteiger charge is 2.20. The van der Waals surface area contributed by atoms with E-state index in [0.717, 1.165) is 0 Å².